The highest BCUT2D eigenvalue weighted by atomic mass is 15.0. The van der Waals surface area contributed by atoms with Crippen LogP contribution in [0.4, 0.5) is 0 Å². The first-order valence-corrected chi connectivity index (χ1v) is 7.19. The van der Waals surface area contributed by atoms with Crippen molar-refractivity contribution in [3.8, 4) is 0 Å². The van der Waals surface area contributed by atoms with E-state index < -0.39 is 0 Å². The first-order chi connectivity index (χ1) is 7.68. The van der Waals surface area contributed by atoms with E-state index in [1.165, 1.54) is 64.3 Å². The van der Waals surface area contributed by atoms with Gasteiger partial charge in [0.1, 0.15) is 0 Å². The van der Waals surface area contributed by atoms with Gasteiger partial charge in [-0.1, -0.05) is 19.3 Å². The lowest BCUT2D eigenvalue weighted by atomic mass is 9.81. The number of hydrogen-bond donors (Lipinski definition) is 2. The molecule has 0 aromatic rings. The van der Waals surface area contributed by atoms with Gasteiger partial charge in [-0.3, -0.25) is 0 Å². The normalized spacial score (nSPS) is 34.9. The molecule has 2 saturated carbocycles. The van der Waals surface area contributed by atoms with Crippen molar-refractivity contribution in [1.82, 2.24) is 5.32 Å². The summed E-state index contributed by atoms with van der Waals surface area (Å²) in [5.41, 5.74) is 6.38. The molecule has 0 spiro atoms. The van der Waals surface area contributed by atoms with Crippen molar-refractivity contribution in [2.75, 3.05) is 6.54 Å². The first-order valence-electron chi connectivity index (χ1n) is 7.19. The van der Waals surface area contributed by atoms with Crippen LogP contribution in [0.15, 0.2) is 0 Å². The molecule has 2 nitrogen and oxygen atoms in total. The Labute approximate surface area is 100 Å². The van der Waals surface area contributed by atoms with Crippen LogP contribution in [-0.4, -0.2) is 18.1 Å². The van der Waals surface area contributed by atoms with Gasteiger partial charge in [0, 0.05) is 11.6 Å². The maximum atomic E-state index is 5.94. The third-order valence-electron chi connectivity index (χ3n) is 4.67. The zero-order chi connectivity index (χ0) is 11.4. The molecule has 2 rings (SSSR count). The minimum Gasteiger partial charge on any atom is -0.328 e. The smallest absolute Gasteiger partial charge is 0.0153 e. The summed E-state index contributed by atoms with van der Waals surface area (Å²) >= 11 is 0. The Morgan fingerprint density at radius 3 is 2.31 bits per heavy atom. The second-order valence-corrected chi connectivity index (χ2v) is 6.28. The van der Waals surface area contributed by atoms with Gasteiger partial charge in [0.2, 0.25) is 0 Å². The van der Waals surface area contributed by atoms with Crippen LogP contribution < -0.4 is 11.1 Å². The Morgan fingerprint density at radius 2 is 1.69 bits per heavy atom. The van der Waals surface area contributed by atoms with Crippen molar-refractivity contribution in [3.63, 3.8) is 0 Å². The lowest BCUT2D eigenvalue weighted by Crippen LogP contribution is -2.46. The summed E-state index contributed by atoms with van der Waals surface area (Å²) in [7, 11) is 0. The van der Waals surface area contributed by atoms with Crippen LogP contribution in [0.2, 0.25) is 0 Å². The molecule has 0 aromatic heterocycles. The van der Waals surface area contributed by atoms with Crippen molar-refractivity contribution < 1.29 is 0 Å². The maximum Gasteiger partial charge on any atom is 0.0153 e. The SMILES string of the molecule is CC1(NCC2CCC(N)CC2)CCCCC1. The molecular weight excluding hydrogens is 196 g/mol. The second-order valence-electron chi connectivity index (χ2n) is 6.28. The monoisotopic (exact) mass is 224 g/mol. The zero-order valence-corrected chi connectivity index (χ0v) is 10.8. The minimum absolute atomic E-state index is 0.442. The molecule has 2 fully saturated rings. The summed E-state index contributed by atoms with van der Waals surface area (Å²) in [6, 6.07) is 0.488. The molecule has 0 amide bonds. The Balaban J connectivity index is 1.70. The van der Waals surface area contributed by atoms with Gasteiger partial charge >= 0.3 is 0 Å². The number of rotatable bonds is 3. The Kier molecular flexibility index (Phi) is 4.26. The predicted octanol–water partition coefficient (Wildman–Crippen LogP) is 2.82. The fraction of sp³-hybridized carbons (Fsp3) is 1.00. The van der Waals surface area contributed by atoms with E-state index in [1.54, 1.807) is 0 Å². The molecule has 0 radical (unpaired) electrons. The molecule has 0 bridgehead atoms. The molecule has 0 saturated heterocycles. The molecule has 2 aliphatic rings. The Morgan fingerprint density at radius 1 is 1.06 bits per heavy atom. The van der Waals surface area contributed by atoms with E-state index in [0.717, 1.165) is 5.92 Å². The molecule has 2 aliphatic carbocycles. The van der Waals surface area contributed by atoms with Crippen molar-refractivity contribution in [1.29, 1.82) is 0 Å². The molecule has 2 heteroatoms. The summed E-state index contributed by atoms with van der Waals surface area (Å²) in [6.07, 6.45) is 12.2. The fourth-order valence-electron chi connectivity index (χ4n) is 3.29. The van der Waals surface area contributed by atoms with Crippen LogP contribution in [-0.2, 0) is 0 Å². The molecule has 0 aromatic carbocycles. The number of nitrogens with one attached hydrogen (secondary N) is 1. The highest BCUT2D eigenvalue weighted by Gasteiger charge is 2.27. The lowest BCUT2D eigenvalue weighted by Gasteiger charge is -2.37. The molecule has 0 aliphatic heterocycles. The minimum atomic E-state index is 0.442. The van der Waals surface area contributed by atoms with E-state index in [0.29, 0.717) is 11.6 Å². The highest BCUT2D eigenvalue weighted by molar-refractivity contribution is 4.87. The predicted molar refractivity (Wildman–Crippen MR) is 69.4 cm³/mol. The molecular formula is C14H28N2. The summed E-state index contributed by atoms with van der Waals surface area (Å²) in [6.45, 7) is 3.64. The second kappa shape index (κ2) is 5.50. The number of hydrogen-bond acceptors (Lipinski definition) is 2. The largest absolute Gasteiger partial charge is 0.328 e. The molecule has 0 heterocycles. The summed E-state index contributed by atoms with van der Waals surface area (Å²) in [5, 5.41) is 3.84. The standard InChI is InChI=1S/C14H28N2/c1-14(9-3-2-4-10-14)16-11-12-5-7-13(15)8-6-12/h12-13,16H,2-11,15H2,1H3. The van der Waals surface area contributed by atoms with Crippen LogP contribution in [0.25, 0.3) is 0 Å². The third kappa shape index (κ3) is 3.46. The van der Waals surface area contributed by atoms with Crippen LogP contribution in [0.3, 0.4) is 0 Å². The van der Waals surface area contributed by atoms with Crippen molar-refractivity contribution in [2.45, 2.75) is 76.3 Å². The van der Waals surface area contributed by atoms with E-state index in [1.807, 2.05) is 0 Å². The van der Waals surface area contributed by atoms with Crippen molar-refractivity contribution in [3.05, 3.63) is 0 Å². The van der Waals surface area contributed by atoms with E-state index in [2.05, 4.69) is 12.2 Å². The topological polar surface area (TPSA) is 38.0 Å². The quantitative estimate of drug-likeness (QED) is 0.773. The first kappa shape index (κ1) is 12.4. The van der Waals surface area contributed by atoms with Gasteiger partial charge in [-0.05, 0) is 57.9 Å². The van der Waals surface area contributed by atoms with Crippen LogP contribution >= 0.6 is 0 Å². The molecule has 16 heavy (non-hydrogen) atoms. The van der Waals surface area contributed by atoms with Crippen LogP contribution in [0, 0.1) is 5.92 Å². The Hall–Kier alpha value is -0.0800. The van der Waals surface area contributed by atoms with Gasteiger partial charge in [0.25, 0.3) is 0 Å². The average molecular weight is 224 g/mol. The van der Waals surface area contributed by atoms with Gasteiger partial charge in [-0.25, -0.2) is 0 Å². The molecule has 0 atom stereocenters. The number of nitrogens with two attached hydrogens (primary N) is 1. The maximum absolute atomic E-state index is 5.94. The van der Waals surface area contributed by atoms with Crippen LogP contribution in [0.1, 0.15) is 64.7 Å². The van der Waals surface area contributed by atoms with E-state index in [-0.39, 0.29) is 0 Å². The van der Waals surface area contributed by atoms with Crippen molar-refractivity contribution in [2.24, 2.45) is 11.7 Å². The summed E-state index contributed by atoms with van der Waals surface area (Å²) in [5.74, 6) is 0.888. The van der Waals surface area contributed by atoms with E-state index in [9.17, 15) is 0 Å². The Bertz CT molecular complexity index is 201. The van der Waals surface area contributed by atoms with E-state index >= 15 is 0 Å². The van der Waals surface area contributed by atoms with Gasteiger partial charge in [-0.15, -0.1) is 0 Å². The van der Waals surface area contributed by atoms with Gasteiger partial charge in [-0.2, -0.15) is 0 Å². The zero-order valence-electron chi connectivity index (χ0n) is 10.8. The van der Waals surface area contributed by atoms with Crippen LogP contribution in [0.5, 0.6) is 0 Å². The lowest BCUT2D eigenvalue weighted by molar-refractivity contribution is 0.221. The molecule has 0 unspecified atom stereocenters. The molecule has 94 valence electrons. The van der Waals surface area contributed by atoms with Gasteiger partial charge in [0.15, 0.2) is 0 Å². The van der Waals surface area contributed by atoms with Gasteiger partial charge in [0.05, 0.1) is 0 Å². The molecule has 3 N–H and O–H groups in total. The fourth-order valence-corrected chi connectivity index (χ4v) is 3.29. The summed E-state index contributed by atoms with van der Waals surface area (Å²) < 4.78 is 0. The van der Waals surface area contributed by atoms with Gasteiger partial charge < -0.3 is 11.1 Å². The average Bonchev–Trinajstić information content (AvgIpc) is 2.29. The summed E-state index contributed by atoms with van der Waals surface area (Å²) in [4.78, 5) is 0. The van der Waals surface area contributed by atoms with E-state index in [4.69, 9.17) is 5.73 Å². The highest BCUT2D eigenvalue weighted by Crippen LogP contribution is 2.29. The van der Waals surface area contributed by atoms with Crippen molar-refractivity contribution >= 4 is 0 Å². The third-order valence-corrected chi connectivity index (χ3v) is 4.67.